The molecule has 0 bridgehead atoms. The zero-order valence-corrected chi connectivity index (χ0v) is 11.5. The van der Waals surface area contributed by atoms with Gasteiger partial charge in [0.15, 0.2) is 0 Å². The number of nitrogens with two attached hydrogens (primary N) is 1. The summed E-state index contributed by atoms with van der Waals surface area (Å²) < 4.78 is 0. The van der Waals surface area contributed by atoms with E-state index < -0.39 is 0 Å². The molecule has 1 atom stereocenters. The Kier molecular flexibility index (Phi) is 3.39. The number of carbonyl (C=O) groups excluding carboxylic acids is 1. The van der Waals surface area contributed by atoms with Crippen LogP contribution in [0, 0.1) is 0 Å². The summed E-state index contributed by atoms with van der Waals surface area (Å²) in [4.78, 5) is 16.7. The van der Waals surface area contributed by atoms with E-state index in [-0.39, 0.29) is 11.9 Å². The lowest BCUT2D eigenvalue weighted by Gasteiger charge is -2.14. The summed E-state index contributed by atoms with van der Waals surface area (Å²) in [6.07, 6.45) is 7.12. The predicted octanol–water partition coefficient (Wildman–Crippen LogP) is 2.19. The van der Waals surface area contributed by atoms with Crippen molar-refractivity contribution in [1.29, 1.82) is 0 Å². The van der Waals surface area contributed by atoms with Gasteiger partial charge in [-0.05, 0) is 43.7 Å². The van der Waals surface area contributed by atoms with Gasteiger partial charge in [-0.2, -0.15) is 0 Å². The van der Waals surface area contributed by atoms with E-state index in [1.807, 2.05) is 4.90 Å². The normalized spacial score (nSPS) is 23.8. The van der Waals surface area contributed by atoms with Gasteiger partial charge in [-0.1, -0.05) is 6.42 Å². The van der Waals surface area contributed by atoms with Crippen molar-refractivity contribution in [2.24, 2.45) is 5.73 Å². The van der Waals surface area contributed by atoms with E-state index in [9.17, 15) is 4.79 Å². The Bertz CT molecular complexity index is 431. The summed E-state index contributed by atoms with van der Waals surface area (Å²) in [7, 11) is 0. The van der Waals surface area contributed by atoms with Crippen molar-refractivity contribution >= 4 is 17.2 Å². The van der Waals surface area contributed by atoms with Crippen LogP contribution in [0.4, 0.5) is 0 Å². The van der Waals surface area contributed by atoms with Crippen LogP contribution < -0.4 is 5.73 Å². The van der Waals surface area contributed by atoms with Crippen LogP contribution in [0.1, 0.15) is 45.8 Å². The number of hydrogen-bond acceptors (Lipinski definition) is 3. The highest BCUT2D eigenvalue weighted by Gasteiger charge is 2.26. The second kappa shape index (κ2) is 5.02. The maximum Gasteiger partial charge on any atom is 0.263 e. The van der Waals surface area contributed by atoms with Gasteiger partial charge < -0.3 is 10.6 Å². The number of amides is 1. The Morgan fingerprint density at radius 2 is 2.17 bits per heavy atom. The van der Waals surface area contributed by atoms with Crippen LogP contribution in [0.25, 0.3) is 0 Å². The topological polar surface area (TPSA) is 46.3 Å². The molecule has 1 aromatic rings. The first-order valence-electron chi connectivity index (χ1n) is 6.90. The quantitative estimate of drug-likeness (QED) is 0.790. The number of aryl methyl sites for hydroxylation is 2. The first kappa shape index (κ1) is 12.2. The SMILES string of the molecule is NC1CCN(C(=O)c2cc3c(s2)CCCCC3)C1. The summed E-state index contributed by atoms with van der Waals surface area (Å²) in [6.45, 7) is 1.55. The number of carbonyl (C=O) groups is 1. The van der Waals surface area contributed by atoms with Gasteiger partial charge in [-0.3, -0.25) is 4.79 Å². The van der Waals surface area contributed by atoms with Crippen molar-refractivity contribution in [3.05, 3.63) is 21.4 Å². The Balaban J connectivity index is 1.78. The minimum Gasteiger partial charge on any atom is -0.336 e. The maximum atomic E-state index is 12.4. The molecule has 1 fully saturated rings. The Hall–Kier alpha value is -0.870. The molecular formula is C14H20N2OS. The van der Waals surface area contributed by atoms with E-state index in [1.54, 1.807) is 11.3 Å². The molecule has 1 unspecified atom stereocenters. The van der Waals surface area contributed by atoms with Crippen molar-refractivity contribution in [3.8, 4) is 0 Å². The molecule has 2 N–H and O–H groups in total. The minimum absolute atomic E-state index is 0.173. The lowest BCUT2D eigenvalue weighted by Crippen LogP contribution is -2.31. The zero-order chi connectivity index (χ0) is 12.5. The molecule has 1 aromatic heterocycles. The highest BCUT2D eigenvalue weighted by Crippen LogP contribution is 2.30. The van der Waals surface area contributed by atoms with Crippen LogP contribution in [-0.2, 0) is 12.8 Å². The highest BCUT2D eigenvalue weighted by atomic mass is 32.1. The fourth-order valence-corrected chi connectivity index (χ4v) is 4.12. The Morgan fingerprint density at radius 1 is 1.33 bits per heavy atom. The summed E-state index contributed by atoms with van der Waals surface area (Å²) in [6, 6.07) is 2.31. The third-order valence-electron chi connectivity index (χ3n) is 3.97. The molecule has 1 amide bonds. The van der Waals surface area contributed by atoms with Gasteiger partial charge in [0.05, 0.1) is 4.88 Å². The second-order valence-electron chi connectivity index (χ2n) is 5.42. The third kappa shape index (κ3) is 2.31. The molecule has 18 heavy (non-hydrogen) atoms. The van der Waals surface area contributed by atoms with Gasteiger partial charge in [0.25, 0.3) is 5.91 Å². The van der Waals surface area contributed by atoms with Crippen molar-refractivity contribution in [2.45, 2.75) is 44.6 Å². The number of nitrogens with zero attached hydrogens (tertiary/aromatic N) is 1. The highest BCUT2D eigenvalue weighted by molar-refractivity contribution is 7.14. The molecule has 1 aliphatic carbocycles. The summed E-state index contributed by atoms with van der Waals surface area (Å²) in [5, 5.41) is 0. The third-order valence-corrected chi connectivity index (χ3v) is 5.19. The van der Waals surface area contributed by atoms with Gasteiger partial charge in [0.1, 0.15) is 0 Å². The average Bonchev–Trinajstić information content (AvgIpc) is 2.90. The smallest absolute Gasteiger partial charge is 0.263 e. The monoisotopic (exact) mass is 264 g/mol. The van der Waals surface area contributed by atoms with E-state index in [0.29, 0.717) is 0 Å². The molecule has 3 nitrogen and oxygen atoms in total. The van der Waals surface area contributed by atoms with Crippen LogP contribution in [0.5, 0.6) is 0 Å². The van der Waals surface area contributed by atoms with Crippen molar-refractivity contribution in [1.82, 2.24) is 4.90 Å². The van der Waals surface area contributed by atoms with E-state index >= 15 is 0 Å². The summed E-state index contributed by atoms with van der Waals surface area (Å²) in [5.41, 5.74) is 7.29. The minimum atomic E-state index is 0.173. The van der Waals surface area contributed by atoms with Gasteiger partial charge in [0, 0.05) is 24.0 Å². The fraction of sp³-hybridized carbons (Fsp3) is 0.643. The van der Waals surface area contributed by atoms with Gasteiger partial charge in [-0.15, -0.1) is 11.3 Å². The summed E-state index contributed by atoms with van der Waals surface area (Å²) >= 11 is 1.71. The largest absolute Gasteiger partial charge is 0.336 e. The molecule has 0 aromatic carbocycles. The van der Waals surface area contributed by atoms with Crippen molar-refractivity contribution in [3.63, 3.8) is 0 Å². The number of likely N-dealkylation sites (tertiary alicyclic amines) is 1. The average molecular weight is 264 g/mol. The summed E-state index contributed by atoms with van der Waals surface area (Å²) in [5.74, 6) is 0.195. The Labute approximate surface area is 112 Å². The second-order valence-corrected chi connectivity index (χ2v) is 6.56. The van der Waals surface area contributed by atoms with E-state index in [1.165, 1.54) is 29.7 Å². The molecule has 0 radical (unpaired) electrons. The maximum absolute atomic E-state index is 12.4. The standard InChI is InChI=1S/C14H20N2OS/c15-11-6-7-16(9-11)14(17)13-8-10-4-2-1-3-5-12(10)18-13/h8,11H,1-7,9,15H2. The number of hydrogen-bond donors (Lipinski definition) is 1. The van der Waals surface area contributed by atoms with Crippen LogP contribution in [0.3, 0.4) is 0 Å². The number of thiophene rings is 1. The van der Waals surface area contributed by atoms with Gasteiger partial charge >= 0.3 is 0 Å². The van der Waals surface area contributed by atoms with E-state index in [4.69, 9.17) is 5.73 Å². The van der Waals surface area contributed by atoms with Crippen molar-refractivity contribution in [2.75, 3.05) is 13.1 Å². The van der Waals surface area contributed by atoms with Crippen LogP contribution in [0.15, 0.2) is 6.07 Å². The number of rotatable bonds is 1. The predicted molar refractivity (Wildman–Crippen MR) is 74.1 cm³/mol. The molecule has 0 spiro atoms. The number of fused-ring (bicyclic) bond motifs is 1. The van der Waals surface area contributed by atoms with Crippen LogP contribution >= 0.6 is 11.3 Å². The van der Waals surface area contributed by atoms with Gasteiger partial charge in [-0.25, -0.2) is 0 Å². The molecule has 0 saturated carbocycles. The molecule has 3 rings (SSSR count). The van der Waals surface area contributed by atoms with Crippen LogP contribution in [0.2, 0.25) is 0 Å². The first-order chi connectivity index (χ1) is 8.74. The van der Waals surface area contributed by atoms with Crippen molar-refractivity contribution < 1.29 is 4.79 Å². The Morgan fingerprint density at radius 3 is 2.94 bits per heavy atom. The van der Waals surface area contributed by atoms with Crippen LogP contribution in [-0.4, -0.2) is 29.9 Å². The molecule has 1 aliphatic heterocycles. The molecule has 2 heterocycles. The zero-order valence-electron chi connectivity index (χ0n) is 10.7. The lowest BCUT2D eigenvalue weighted by atomic mass is 10.1. The first-order valence-corrected chi connectivity index (χ1v) is 7.72. The van der Waals surface area contributed by atoms with E-state index in [0.717, 1.165) is 37.2 Å². The fourth-order valence-electron chi connectivity index (χ4n) is 2.90. The van der Waals surface area contributed by atoms with E-state index in [2.05, 4.69) is 6.07 Å². The molecule has 1 saturated heterocycles. The van der Waals surface area contributed by atoms with Gasteiger partial charge in [0.2, 0.25) is 0 Å². The molecular weight excluding hydrogens is 244 g/mol. The lowest BCUT2D eigenvalue weighted by molar-refractivity contribution is 0.0795. The molecule has 2 aliphatic rings. The molecule has 98 valence electrons. The molecule has 4 heteroatoms.